The molecule has 0 spiro atoms. The second kappa shape index (κ2) is 11.9. The van der Waals surface area contributed by atoms with Crippen LogP contribution >= 0.6 is 23.4 Å². The lowest BCUT2D eigenvalue weighted by atomic mass is 9.94. The number of amides is 1. The number of amidine groups is 1. The molecule has 1 amide bonds. The summed E-state index contributed by atoms with van der Waals surface area (Å²) in [6.45, 7) is 0.334. The van der Waals surface area contributed by atoms with Gasteiger partial charge in [-0.2, -0.15) is 0 Å². The zero-order valence-electron chi connectivity index (χ0n) is 20.7. The van der Waals surface area contributed by atoms with Crippen LogP contribution in [0.3, 0.4) is 0 Å². The molecule has 5 rings (SSSR count). The van der Waals surface area contributed by atoms with E-state index in [1.54, 1.807) is 7.11 Å². The first-order valence-corrected chi connectivity index (χ1v) is 13.7. The van der Waals surface area contributed by atoms with Crippen LogP contribution in [-0.2, 0) is 11.4 Å². The number of carbonyl (C=O) groups is 1. The van der Waals surface area contributed by atoms with Gasteiger partial charge in [0.05, 0.1) is 17.7 Å². The first kappa shape index (κ1) is 25.4. The van der Waals surface area contributed by atoms with Crippen LogP contribution in [0.4, 0.5) is 5.69 Å². The molecule has 1 heterocycles. The second-order valence-corrected chi connectivity index (χ2v) is 10.5. The maximum absolute atomic E-state index is 13.6. The maximum Gasteiger partial charge on any atom is 0.267 e. The number of ether oxygens (including phenoxy) is 2. The molecule has 37 heavy (non-hydrogen) atoms. The molecule has 0 N–H and O–H groups in total. The van der Waals surface area contributed by atoms with E-state index in [9.17, 15) is 4.79 Å². The molecule has 1 aliphatic carbocycles. The molecule has 3 aromatic carbocycles. The summed E-state index contributed by atoms with van der Waals surface area (Å²) in [4.78, 5) is 21.0. The van der Waals surface area contributed by atoms with Gasteiger partial charge >= 0.3 is 0 Å². The predicted molar refractivity (Wildman–Crippen MR) is 152 cm³/mol. The number of benzene rings is 3. The Morgan fingerprint density at radius 3 is 2.51 bits per heavy atom. The van der Waals surface area contributed by atoms with E-state index in [-0.39, 0.29) is 11.9 Å². The van der Waals surface area contributed by atoms with E-state index in [1.165, 1.54) is 18.2 Å². The fourth-order valence-electron chi connectivity index (χ4n) is 4.65. The van der Waals surface area contributed by atoms with E-state index in [1.807, 2.05) is 83.8 Å². The lowest BCUT2D eigenvalue weighted by molar-refractivity contribution is -0.124. The molecule has 0 aromatic heterocycles. The lowest BCUT2D eigenvalue weighted by Gasteiger charge is -2.30. The zero-order valence-corrected chi connectivity index (χ0v) is 22.3. The van der Waals surface area contributed by atoms with E-state index in [4.69, 9.17) is 26.1 Å². The van der Waals surface area contributed by atoms with Crippen molar-refractivity contribution < 1.29 is 14.3 Å². The van der Waals surface area contributed by atoms with Crippen LogP contribution in [-0.4, -0.2) is 29.1 Å². The minimum atomic E-state index is 0.0181. The summed E-state index contributed by atoms with van der Waals surface area (Å²) >= 11 is 7.70. The van der Waals surface area contributed by atoms with Gasteiger partial charge in [-0.1, -0.05) is 73.3 Å². The molecule has 3 aromatic rings. The van der Waals surface area contributed by atoms with E-state index < -0.39 is 0 Å². The van der Waals surface area contributed by atoms with Gasteiger partial charge < -0.3 is 9.47 Å². The van der Waals surface area contributed by atoms with Crippen molar-refractivity contribution in [2.45, 2.75) is 44.8 Å². The van der Waals surface area contributed by atoms with Crippen LogP contribution in [0.15, 0.2) is 82.7 Å². The van der Waals surface area contributed by atoms with Crippen molar-refractivity contribution in [3.63, 3.8) is 0 Å². The first-order chi connectivity index (χ1) is 18.1. The van der Waals surface area contributed by atoms with E-state index >= 15 is 0 Å². The number of hydrogen-bond donors (Lipinski definition) is 0. The Balaban J connectivity index is 1.40. The van der Waals surface area contributed by atoms with E-state index in [2.05, 4.69) is 0 Å². The summed E-state index contributed by atoms with van der Waals surface area (Å²) in [6, 6.07) is 23.3. The molecule has 0 radical (unpaired) electrons. The van der Waals surface area contributed by atoms with Crippen LogP contribution in [0.5, 0.6) is 11.5 Å². The molecular formula is C30H29ClN2O3S. The quantitative estimate of drug-likeness (QED) is 0.290. The Labute approximate surface area is 227 Å². The van der Waals surface area contributed by atoms with Gasteiger partial charge in [0.1, 0.15) is 6.61 Å². The number of methoxy groups -OCH3 is 1. The van der Waals surface area contributed by atoms with E-state index in [0.717, 1.165) is 47.7 Å². The third kappa shape index (κ3) is 6.03. The van der Waals surface area contributed by atoms with Crippen molar-refractivity contribution in [2.24, 2.45) is 4.99 Å². The van der Waals surface area contributed by atoms with Crippen LogP contribution in [0.1, 0.15) is 43.2 Å². The average Bonchev–Trinajstić information content (AvgIpc) is 3.23. The third-order valence-electron chi connectivity index (χ3n) is 6.58. The number of rotatable bonds is 7. The van der Waals surface area contributed by atoms with Gasteiger partial charge in [-0.3, -0.25) is 9.69 Å². The van der Waals surface area contributed by atoms with Crippen molar-refractivity contribution in [1.29, 1.82) is 0 Å². The zero-order chi connectivity index (χ0) is 25.6. The molecule has 7 heteroatoms. The summed E-state index contributed by atoms with van der Waals surface area (Å²) in [5, 5.41) is 1.41. The Bertz CT molecular complexity index is 1320. The van der Waals surface area contributed by atoms with Gasteiger partial charge in [0, 0.05) is 16.6 Å². The second-order valence-electron chi connectivity index (χ2n) is 9.10. The summed E-state index contributed by atoms with van der Waals surface area (Å²) in [6.07, 6.45) is 7.45. The largest absolute Gasteiger partial charge is 0.493 e. The predicted octanol–water partition coefficient (Wildman–Crippen LogP) is 7.86. The maximum atomic E-state index is 13.6. The molecule has 2 aliphatic rings. The lowest BCUT2D eigenvalue weighted by Crippen LogP contribution is -2.40. The van der Waals surface area contributed by atoms with Crippen LogP contribution in [0.2, 0.25) is 5.02 Å². The van der Waals surface area contributed by atoms with Crippen LogP contribution in [0.25, 0.3) is 6.08 Å². The topological polar surface area (TPSA) is 51.1 Å². The fraction of sp³-hybridized carbons (Fsp3) is 0.267. The number of hydrogen-bond acceptors (Lipinski definition) is 5. The summed E-state index contributed by atoms with van der Waals surface area (Å²) in [7, 11) is 1.61. The number of para-hydroxylation sites is 1. The van der Waals surface area contributed by atoms with Gasteiger partial charge in [-0.05, 0) is 66.6 Å². The number of nitrogens with zero attached hydrogens (tertiary/aromatic N) is 2. The molecule has 1 saturated carbocycles. The number of thioether (sulfide) groups is 1. The first-order valence-electron chi connectivity index (χ1n) is 12.5. The smallest absolute Gasteiger partial charge is 0.267 e. The molecule has 0 bridgehead atoms. The van der Waals surface area contributed by atoms with Gasteiger partial charge in [0.15, 0.2) is 16.7 Å². The van der Waals surface area contributed by atoms with E-state index in [0.29, 0.717) is 28.0 Å². The van der Waals surface area contributed by atoms with Gasteiger partial charge in [0.25, 0.3) is 5.91 Å². The molecule has 190 valence electrons. The highest BCUT2D eigenvalue weighted by molar-refractivity contribution is 8.18. The SMILES string of the molecule is COc1cc(/C=C2\SC(=Nc3ccccc3)N(C3CCCCC3)C2=O)ccc1OCc1ccccc1Cl. The fourth-order valence-corrected chi connectivity index (χ4v) is 5.90. The Morgan fingerprint density at radius 1 is 1.00 bits per heavy atom. The number of aliphatic imine (C=N–C) groups is 1. The van der Waals surface area contributed by atoms with Crippen LogP contribution < -0.4 is 9.47 Å². The standard InChI is InChI=1S/C30H29ClN2O3S/c1-35-27-18-21(16-17-26(27)36-20-22-10-8-9-15-25(22)31)19-28-29(34)33(24-13-6-3-7-14-24)30(37-28)32-23-11-4-2-5-12-23/h2,4-5,8-12,15-19,24H,3,6-7,13-14,20H2,1H3/b28-19-,32-30?. The molecule has 0 atom stereocenters. The third-order valence-corrected chi connectivity index (χ3v) is 7.94. The van der Waals surface area contributed by atoms with Crippen LogP contribution in [0, 0.1) is 0 Å². The Morgan fingerprint density at radius 2 is 1.76 bits per heavy atom. The normalized spacial score (nSPS) is 18.5. The van der Waals surface area contributed by atoms with Gasteiger partial charge in [-0.25, -0.2) is 4.99 Å². The molecular weight excluding hydrogens is 504 g/mol. The summed E-state index contributed by atoms with van der Waals surface area (Å²) in [5.74, 6) is 1.23. The monoisotopic (exact) mass is 532 g/mol. The van der Waals surface area contributed by atoms with Crippen molar-refractivity contribution >= 4 is 46.2 Å². The van der Waals surface area contributed by atoms with Gasteiger partial charge in [0.2, 0.25) is 0 Å². The minimum absolute atomic E-state index is 0.0181. The molecule has 1 saturated heterocycles. The average molecular weight is 533 g/mol. The van der Waals surface area contributed by atoms with Crippen molar-refractivity contribution in [1.82, 2.24) is 4.90 Å². The molecule has 2 fully saturated rings. The number of halogens is 1. The molecule has 1 aliphatic heterocycles. The summed E-state index contributed by atoms with van der Waals surface area (Å²) < 4.78 is 11.6. The highest BCUT2D eigenvalue weighted by Gasteiger charge is 2.38. The summed E-state index contributed by atoms with van der Waals surface area (Å²) in [5.41, 5.74) is 2.61. The Hall–Kier alpha value is -3.22. The number of carbonyl (C=O) groups excluding carboxylic acids is 1. The molecule has 5 nitrogen and oxygen atoms in total. The van der Waals surface area contributed by atoms with Gasteiger partial charge in [-0.15, -0.1) is 0 Å². The Kier molecular flexibility index (Phi) is 8.17. The van der Waals surface area contributed by atoms with Crippen molar-refractivity contribution in [2.75, 3.05) is 7.11 Å². The minimum Gasteiger partial charge on any atom is -0.493 e. The van der Waals surface area contributed by atoms with Crippen molar-refractivity contribution in [3.05, 3.63) is 93.9 Å². The molecule has 0 unspecified atom stereocenters. The highest BCUT2D eigenvalue weighted by Crippen LogP contribution is 2.39. The van der Waals surface area contributed by atoms with Crippen molar-refractivity contribution in [3.8, 4) is 11.5 Å². The highest BCUT2D eigenvalue weighted by atomic mass is 35.5.